The Kier molecular flexibility index (Phi) is 5.66. The molecule has 2 heterocycles. The maximum atomic E-state index is 12.0. The van der Waals surface area contributed by atoms with E-state index in [-0.39, 0.29) is 23.6 Å². The van der Waals surface area contributed by atoms with Crippen molar-refractivity contribution in [2.24, 2.45) is 11.7 Å². The molecular weight excluding hydrogens is 280 g/mol. The first-order valence-corrected chi connectivity index (χ1v) is 7.51. The van der Waals surface area contributed by atoms with Crippen LogP contribution in [0.2, 0.25) is 0 Å². The van der Waals surface area contributed by atoms with E-state index < -0.39 is 0 Å². The first kappa shape index (κ1) is 16.2. The van der Waals surface area contributed by atoms with E-state index in [9.17, 15) is 4.79 Å². The molecule has 0 aliphatic carbocycles. The molecule has 0 fully saturated rings. The van der Waals surface area contributed by atoms with E-state index in [2.05, 4.69) is 22.2 Å². The summed E-state index contributed by atoms with van der Waals surface area (Å²) < 4.78 is 5.33. The van der Waals surface area contributed by atoms with Crippen molar-refractivity contribution in [2.75, 3.05) is 6.54 Å². The molecule has 3 N–H and O–H groups in total. The molecule has 0 radical (unpaired) electrons. The van der Waals surface area contributed by atoms with Crippen molar-refractivity contribution in [3.63, 3.8) is 0 Å². The number of rotatable bonds is 7. The first-order chi connectivity index (χ1) is 10.6. The summed E-state index contributed by atoms with van der Waals surface area (Å²) in [6.45, 7) is 4.58. The number of nitrogens with one attached hydrogen (secondary N) is 1. The summed E-state index contributed by atoms with van der Waals surface area (Å²) >= 11 is 0. The van der Waals surface area contributed by atoms with Crippen molar-refractivity contribution in [2.45, 2.75) is 32.7 Å². The fourth-order valence-electron chi connectivity index (χ4n) is 1.98. The number of aromatic nitrogens is 2. The summed E-state index contributed by atoms with van der Waals surface area (Å²) in [5, 5.41) is 2.80. The van der Waals surface area contributed by atoms with Crippen LogP contribution in [0.4, 0.5) is 0 Å². The highest BCUT2D eigenvalue weighted by molar-refractivity contribution is 5.91. The fraction of sp³-hybridized carbons (Fsp3) is 0.438. The lowest BCUT2D eigenvalue weighted by Crippen LogP contribution is -2.26. The van der Waals surface area contributed by atoms with Crippen molar-refractivity contribution in [1.29, 1.82) is 0 Å². The third-order valence-corrected chi connectivity index (χ3v) is 3.69. The van der Waals surface area contributed by atoms with Crippen LogP contribution in [0.1, 0.15) is 48.4 Å². The number of nitrogens with two attached hydrogens (primary N) is 1. The maximum Gasteiger partial charge on any atom is 0.273 e. The van der Waals surface area contributed by atoms with Crippen LogP contribution in [-0.2, 0) is 6.42 Å². The molecule has 118 valence electrons. The van der Waals surface area contributed by atoms with Gasteiger partial charge >= 0.3 is 0 Å². The van der Waals surface area contributed by atoms with E-state index in [0.29, 0.717) is 18.9 Å². The first-order valence-electron chi connectivity index (χ1n) is 7.51. The van der Waals surface area contributed by atoms with Crippen LogP contribution in [0.3, 0.4) is 0 Å². The van der Waals surface area contributed by atoms with Gasteiger partial charge in [-0.2, -0.15) is 0 Å². The molecule has 2 aromatic rings. The average Bonchev–Trinajstić information content (AvgIpc) is 3.04. The van der Waals surface area contributed by atoms with Gasteiger partial charge in [0.1, 0.15) is 6.26 Å². The van der Waals surface area contributed by atoms with Crippen LogP contribution in [0.15, 0.2) is 35.1 Å². The molecule has 0 saturated carbocycles. The fourth-order valence-corrected chi connectivity index (χ4v) is 1.98. The highest BCUT2D eigenvalue weighted by Crippen LogP contribution is 2.20. The number of nitrogens with zero attached hydrogens (tertiary/aromatic N) is 2. The molecule has 6 heteroatoms. The van der Waals surface area contributed by atoms with Gasteiger partial charge in [-0.3, -0.25) is 9.78 Å². The number of oxazole rings is 1. The minimum atomic E-state index is -0.292. The number of carbonyl (C=O) groups is 1. The molecule has 2 aromatic heterocycles. The van der Waals surface area contributed by atoms with Crippen LogP contribution in [-0.4, -0.2) is 22.4 Å². The summed E-state index contributed by atoms with van der Waals surface area (Å²) in [7, 11) is 0. The molecule has 0 aromatic carbocycles. The molecule has 1 amide bonds. The number of pyridine rings is 1. The number of hydrogen-bond acceptors (Lipinski definition) is 5. The lowest BCUT2D eigenvalue weighted by molar-refractivity contribution is 0.0949. The predicted octanol–water partition coefficient (Wildman–Crippen LogP) is 2.09. The zero-order valence-electron chi connectivity index (χ0n) is 13.0. The number of amides is 1. The maximum absolute atomic E-state index is 12.0. The van der Waals surface area contributed by atoms with E-state index in [1.165, 1.54) is 6.26 Å². The summed E-state index contributed by atoms with van der Waals surface area (Å²) in [6, 6.07) is 5.41. The molecular formula is C16H22N4O2. The van der Waals surface area contributed by atoms with Gasteiger partial charge in [-0.15, -0.1) is 0 Å². The van der Waals surface area contributed by atoms with E-state index in [0.717, 1.165) is 12.1 Å². The molecule has 0 saturated heterocycles. The molecule has 0 aliphatic rings. The third kappa shape index (κ3) is 4.14. The van der Waals surface area contributed by atoms with Gasteiger partial charge in [0, 0.05) is 24.9 Å². The lowest BCUT2D eigenvalue weighted by atomic mass is 10.0. The van der Waals surface area contributed by atoms with E-state index in [4.69, 9.17) is 10.2 Å². The smallest absolute Gasteiger partial charge is 0.273 e. The SMILES string of the molecule is CCC(C)C(N)c1nc(C(=O)NCCc2ccccn2)co1. The minimum absolute atomic E-state index is 0.249. The van der Waals surface area contributed by atoms with Gasteiger partial charge in [0.15, 0.2) is 5.69 Å². The van der Waals surface area contributed by atoms with Crippen LogP contribution < -0.4 is 11.1 Å². The Hall–Kier alpha value is -2.21. The Morgan fingerprint density at radius 1 is 1.45 bits per heavy atom. The van der Waals surface area contributed by atoms with E-state index in [1.54, 1.807) is 6.20 Å². The second-order valence-electron chi connectivity index (χ2n) is 5.31. The van der Waals surface area contributed by atoms with Crippen LogP contribution in [0, 0.1) is 5.92 Å². The monoisotopic (exact) mass is 302 g/mol. The summed E-state index contributed by atoms with van der Waals surface area (Å²) in [5.41, 5.74) is 7.23. The van der Waals surface area contributed by atoms with Crippen LogP contribution in [0.25, 0.3) is 0 Å². The standard InChI is InChI=1S/C16H22N4O2/c1-3-11(2)14(17)16-20-13(10-22-16)15(21)19-9-7-12-6-4-5-8-18-12/h4-6,8,10-11,14H,3,7,9,17H2,1-2H3,(H,19,21). The van der Waals surface area contributed by atoms with E-state index >= 15 is 0 Å². The Balaban J connectivity index is 1.86. The highest BCUT2D eigenvalue weighted by atomic mass is 16.3. The van der Waals surface area contributed by atoms with Crippen molar-refractivity contribution in [3.05, 3.63) is 47.9 Å². The van der Waals surface area contributed by atoms with Crippen molar-refractivity contribution >= 4 is 5.91 Å². The van der Waals surface area contributed by atoms with Crippen molar-refractivity contribution in [1.82, 2.24) is 15.3 Å². The predicted molar refractivity (Wildman–Crippen MR) is 83.2 cm³/mol. The van der Waals surface area contributed by atoms with Crippen LogP contribution >= 0.6 is 0 Å². The van der Waals surface area contributed by atoms with Gasteiger partial charge in [-0.1, -0.05) is 26.3 Å². The van der Waals surface area contributed by atoms with E-state index in [1.807, 2.05) is 25.1 Å². The van der Waals surface area contributed by atoms with Gasteiger partial charge in [-0.25, -0.2) is 4.98 Å². The van der Waals surface area contributed by atoms with Gasteiger partial charge in [0.05, 0.1) is 6.04 Å². The number of hydrogen-bond donors (Lipinski definition) is 2. The zero-order valence-corrected chi connectivity index (χ0v) is 13.0. The molecule has 2 unspecified atom stereocenters. The molecule has 2 rings (SSSR count). The Labute approximate surface area is 130 Å². The molecule has 2 atom stereocenters. The normalized spacial score (nSPS) is 13.6. The average molecular weight is 302 g/mol. The Morgan fingerprint density at radius 2 is 2.27 bits per heavy atom. The van der Waals surface area contributed by atoms with Gasteiger partial charge in [0.25, 0.3) is 5.91 Å². The summed E-state index contributed by atoms with van der Waals surface area (Å²) in [5.74, 6) is 0.394. The molecule has 6 nitrogen and oxygen atoms in total. The topological polar surface area (TPSA) is 94.0 Å². The summed E-state index contributed by atoms with van der Waals surface area (Å²) in [4.78, 5) is 20.4. The Morgan fingerprint density at radius 3 is 2.95 bits per heavy atom. The van der Waals surface area contributed by atoms with Gasteiger partial charge in [0.2, 0.25) is 5.89 Å². The third-order valence-electron chi connectivity index (χ3n) is 3.69. The van der Waals surface area contributed by atoms with Crippen molar-refractivity contribution < 1.29 is 9.21 Å². The quantitative estimate of drug-likeness (QED) is 0.816. The van der Waals surface area contributed by atoms with Crippen LogP contribution in [0.5, 0.6) is 0 Å². The largest absolute Gasteiger partial charge is 0.446 e. The van der Waals surface area contributed by atoms with Gasteiger partial charge in [-0.05, 0) is 18.1 Å². The zero-order chi connectivity index (χ0) is 15.9. The minimum Gasteiger partial charge on any atom is -0.446 e. The van der Waals surface area contributed by atoms with Crippen molar-refractivity contribution in [3.8, 4) is 0 Å². The second kappa shape index (κ2) is 7.70. The van der Waals surface area contributed by atoms with Gasteiger partial charge < -0.3 is 15.5 Å². The Bertz CT molecular complexity index is 597. The number of carbonyl (C=O) groups excluding carboxylic acids is 1. The molecule has 22 heavy (non-hydrogen) atoms. The summed E-state index contributed by atoms with van der Waals surface area (Å²) in [6.07, 6.45) is 4.68. The molecule has 0 aliphatic heterocycles. The lowest BCUT2D eigenvalue weighted by Gasteiger charge is -2.13. The second-order valence-corrected chi connectivity index (χ2v) is 5.31. The highest BCUT2D eigenvalue weighted by Gasteiger charge is 2.20. The molecule has 0 bridgehead atoms. The molecule has 0 spiro atoms.